The summed E-state index contributed by atoms with van der Waals surface area (Å²) in [5.41, 5.74) is 1.95. The molecule has 1 aliphatic heterocycles. The second-order valence-corrected chi connectivity index (χ2v) is 7.78. The molecular weight excluding hydrogens is 304 g/mol. The molecule has 1 aliphatic rings. The summed E-state index contributed by atoms with van der Waals surface area (Å²) in [6, 6.07) is 5.55. The van der Waals surface area contributed by atoms with Crippen molar-refractivity contribution in [1.82, 2.24) is 5.32 Å². The number of amides is 1. The Hall–Kier alpha value is -1.76. The van der Waals surface area contributed by atoms with Gasteiger partial charge in [-0.3, -0.25) is 4.79 Å². The quantitative estimate of drug-likeness (QED) is 0.818. The molecule has 1 aromatic carbocycles. The van der Waals surface area contributed by atoms with Gasteiger partial charge in [0.15, 0.2) is 9.84 Å². The number of ether oxygens (including phenoxy) is 1. The Bertz CT molecular complexity index is 643. The molecule has 6 nitrogen and oxygen atoms in total. The van der Waals surface area contributed by atoms with E-state index in [1.54, 1.807) is 7.11 Å². The van der Waals surface area contributed by atoms with Crippen molar-refractivity contribution in [2.24, 2.45) is 0 Å². The van der Waals surface area contributed by atoms with Crippen molar-refractivity contribution in [3.05, 3.63) is 23.8 Å². The maximum absolute atomic E-state index is 11.8. The summed E-state index contributed by atoms with van der Waals surface area (Å²) in [7, 11) is -1.36. The zero-order valence-electron chi connectivity index (χ0n) is 12.9. The molecule has 2 N–H and O–H groups in total. The molecule has 1 heterocycles. The van der Waals surface area contributed by atoms with Gasteiger partial charge in [0, 0.05) is 19.0 Å². The van der Waals surface area contributed by atoms with Crippen LogP contribution in [0.25, 0.3) is 0 Å². The third kappa shape index (κ3) is 4.62. The van der Waals surface area contributed by atoms with E-state index in [0.717, 1.165) is 17.0 Å². The summed E-state index contributed by atoms with van der Waals surface area (Å²) in [5.74, 6) is 0.809. The minimum Gasteiger partial charge on any atom is -0.495 e. The highest BCUT2D eigenvalue weighted by molar-refractivity contribution is 7.91. The Kier molecular flexibility index (Phi) is 5.28. The molecule has 22 heavy (non-hydrogen) atoms. The molecule has 1 amide bonds. The average molecular weight is 326 g/mol. The number of rotatable bonds is 6. The molecule has 0 radical (unpaired) electrons. The minimum atomic E-state index is -2.97. The number of benzene rings is 1. The fraction of sp³-hybridized carbons (Fsp3) is 0.533. The van der Waals surface area contributed by atoms with Gasteiger partial charge in [0.1, 0.15) is 5.75 Å². The number of aryl methyl sites for hydroxylation is 1. The van der Waals surface area contributed by atoms with Crippen molar-refractivity contribution >= 4 is 21.4 Å². The van der Waals surface area contributed by atoms with Crippen LogP contribution in [0.4, 0.5) is 5.69 Å². The van der Waals surface area contributed by atoms with Crippen molar-refractivity contribution in [2.75, 3.05) is 30.5 Å². The van der Waals surface area contributed by atoms with Crippen molar-refractivity contribution in [3.63, 3.8) is 0 Å². The Morgan fingerprint density at radius 1 is 1.41 bits per heavy atom. The molecule has 7 heteroatoms. The monoisotopic (exact) mass is 326 g/mol. The van der Waals surface area contributed by atoms with Gasteiger partial charge in [-0.15, -0.1) is 0 Å². The predicted molar refractivity (Wildman–Crippen MR) is 86.0 cm³/mol. The summed E-state index contributed by atoms with van der Waals surface area (Å²) in [6.07, 6.45) is 0.793. The normalized spacial score (nSPS) is 19.6. The molecule has 0 aliphatic carbocycles. The third-order valence-electron chi connectivity index (χ3n) is 3.62. The van der Waals surface area contributed by atoms with E-state index in [-0.39, 0.29) is 29.9 Å². The largest absolute Gasteiger partial charge is 0.495 e. The second-order valence-electron chi connectivity index (χ2n) is 5.55. The Morgan fingerprint density at radius 2 is 2.18 bits per heavy atom. The lowest BCUT2D eigenvalue weighted by Crippen LogP contribution is -2.36. The molecule has 2 rings (SSSR count). The van der Waals surface area contributed by atoms with Gasteiger partial charge in [-0.2, -0.15) is 0 Å². The van der Waals surface area contributed by atoms with Gasteiger partial charge in [0.05, 0.1) is 24.3 Å². The van der Waals surface area contributed by atoms with Gasteiger partial charge < -0.3 is 15.4 Å². The zero-order valence-corrected chi connectivity index (χ0v) is 13.7. The molecule has 0 bridgehead atoms. The lowest BCUT2D eigenvalue weighted by atomic mass is 10.2. The SMILES string of the molecule is COc1ccc(C)cc1NCCC(=O)NC1CCS(=O)(=O)C1. The van der Waals surface area contributed by atoms with Gasteiger partial charge in [-0.1, -0.05) is 6.07 Å². The molecule has 0 aromatic heterocycles. The Morgan fingerprint density at radius 3 is 2.82 bits per heavy atom. The molecule has 0 spiro atoms. The van der Waals surface area contributed by atoms with Crippen LogP contribution in [0.15, 0.2) is 18.2 Å². The minimum absolute atomic E-state index is 0.0534. The highest BCUT2D eigenvalue weighted by atomic mass is 32.2. The van der Waals surface area contributed by atoms with Crippen LogP contribution in [-0.4, -0.2) is 45.5 Å². The first-order valence-electron chi connectivity index (χ1n) is 7.28. The van der Waals surface area contributed by atoms with Crippen molar-refractivity contribution in [2.45, 2.75) is 25.8 Å². The number of methoxy groups -OCH3 is 1. The fourth-order valence-electron chi connectivity index (χ4n) is 2.48. The summed E-state index contributed by atoms with van der Waals surface area (Å²) < 4.78 is 28.0. The second kappa shape index (κ2) is 7.00. The van der Waals surface area contributed by atoms with Crippen molar-refractivity contribution < 1.29 is 17.9 Å². The smallest absolute Gasteiger partial charge is 0.222 e. The Balaban J connectivity index is 1.79. The molecule has 1 saturated heterocycles. The number of carbonyl (C=O) groups excluding carboxylic acids is 1. The van der Waals surface area contributed by atoms with Crippen LogP contribution in [0.1, 0.15) is 18.4 Å². The number of sulfone groups is 1. The van der Waals surface area contributed by atoms with E-state index in [9.17, 15) is 13.2 Å². The van der Waals surface area contributed by atoms with Gasteiger partial charge >= 0.3 is 0 Å². The number of nitrogens with one attached hydrogen (secondary N) is 2. The predicted octanol–water partition coefficient (Wildman–Crippen LogP) is 1.11. The first-order valence-corrected chi connectivity index (χ1v) is 9.10. The summed E-state index contributed by atoms with van der Waals surface area (Å²) in [6.45, 7) is 2.45. The maximum atomic E-state index is 11.8. The fourth-order valence-corrected chi connectivity index (χ4v) is 4.15. The zero-order chi connectivity index (χ0) is 16.2. The van der Waals surface area contributed by atoms with Crippen LogP contribution in [-0.2, 0) is 14.6 Å². The van der Waals surface area contributed by atoms with Crippen molar-refractivity contribution in [3.8, 4) is 5.75 Å². The number of carbonyl (C=O) groups is 1. The van der Waals surface area contributed by atoms with E-state index in [1.807, 2.05) is 25.1 Å². The summed E-state index contributed by atoms with van der Waals surface area (Å²) in [5, 5.41) is 5.94. The molecular formula is C15H22N2O4S. The van der Waals surface area contributed by atoms with Crippen LogP contribution < -0.4 is 15.4 Å². The number of anilines is 1. The van der Waals surface area contributed by atoms with Crippen LogP contribution in [0.3, 0.4) is 0 Å². The summed E-state index contributed by atoms with van der Waals surface area (Å²) >= 11 is 0. The number of hydrogen-bond acceptors (Lipinski definition) is 5. The molecule has 1 fully saturated rings. The average Bonchev–Trinajstić information content (AvgIpc) is 2.78. The van der Waals surface area contributed by atoms with Crippen LogP contribution in [0, 0.1) is 6.92 Å². The first-order chi connectivity index (χ1) is 10.4. The van der Waals surface area contributed by atoms with Crippen molar-refractivity contribution in [1.29, 1.82) is 0 Å². The molecule has 0 saturated carbocycles. The molecule has 122 valence electrons. The van der Waals surface area contributed by atoms with Crippen LogP contribution in [0.5, 0.6) is 5.75 Å². The van der Waals surface area contributed by atoms with Crippen LogP contribution >= 0.6 is 0 Å². The highest BCUT2D eigenvalue weighted by Gasteiger charge is 2.28. The Labute approximate surface area is 131 Å². The molecule has 1 aromatic rings. The highest BCUT2D eigenvalue weighted by Crippen LogP contribution is 2.24. The van der Waals surface area contributed by atoms with E-state index < -0.39 is 9.84 Å². The third-order valence-corrected chi connectivity index (χ3v) is 5.39. The van der Waals surface area contributed by atoms with E-state index in [0.29, 0.717) is 13.0 Å². The maximum Gasteiger partial charge on any atom is 0.222 e. The van der Waals surface area contributed by atoms with Gasteiger partial charge in [0.2, 0.25) is 5.91 Å². The van der Waals surface area contributed by atoms with Gasteiger partial charge in [-0.05, 0) is 31.0 Å². The molecule has 1 unspecified atom stereocenters. The molecule has 1 atom stereocenters. The van der Waals surface area contributed by atoms with E-state index in [4.69, 9.17) is 4.74 Å². The first kappa shape index (κ1) is 16.6. The number of hydrogen-bond donors (Lipinski definition) is 2. The van der Waals surface area contributed by atoms with E-state index in [2.05, 4.69) is 10.6 Å². The van der Waals surface area contributed by atoms with Gasteiger partial charge in [0.25, 0.3) is 0 Å². The van der Waals surface area contributed by atoms with Gasteiger partial charge in [-0.25, -0.2) is 8.42 Å². The van der Waals surface area contributed by atoms with Crippen LogP contribution in [0.2, 0.25) is 0 Å². The lowest BCUT2D eigenvalue weighted by Gasteiger charge is -2.13. The summed E-state index contributed by atoms with van der Waals surface area (Å²) in [4.78, 5) is 11.8. The lowest BCUT2D eigenvalue weighted by molar-refractivity contribution is -0.121. The van der Waals surface area contributed by atoms with E-state index in [1.165, 1.54) is 0 Å². The van der Waals surface area contributed by atoms with E-state index >= 15 is 0 Å². The topological polar surface area (TPSA) is 84.5 Å². The standard InChI is InChI=1S/C15H22N2O4S/c1-11-3-4-14(21-2)13(9-11)16-7-5-15(18)17-12-6-8-22(19,20)10-12/h3-4,9,12,16H,5-8,10H2,1-2H3,(H,17,18).